The summed E-state index contributed by atoms with van der Waals surface area (Å²) in [5, 5.41) is 15.4. The first-order valence-corrected chi connectivity index (χ1v) is 6.23. The van der Waals surface area contributed by atoms with E-state index in [1.807, 2.05) is 36.4 Å². The summed E-state index contributed by atoms with van der Waals surface area (Å²) in [6, 6.07) is 13.3. The molecule has 5 nitrogen and oxygen atoms in total. The summed E-state index contributed by atoms with van der Waals surface area (Å²) < 4.78 is 5.21. The molecule has 0 unspecified atom stereocenters. The molecule has 0 aliphatic rings. The minimum absolute atomic E-state index is 0.0848. The predicted molar refractivity (Wildman–Crippen MR) is 73.5 cm³/mol. The van der Waals surface area contributed by atoms with E-state index in [2.05, 4.69) is 10.5 Å². The van der Waals surface area contributed by atoms with Crippen LogP contribution in [0.15, 0.2) is 40.9 Å². The number of amides is 1. The standard InChI is InChI=1S/C15H15N3O2/c1-15(2,10-16)17-14(19)9-12-8-13(20-18-12)11-6-4-3-5-7-11/h3-8H,9H2,1-2H3,(H,17,19). The van der Waals surface area contributed by atoms with Gasteiger partial charge in [-0.3, -0.25) is 4.79 Å². The molecule has 1 aromatic carbocycles. The summed E-state index contributed by atoms with van der Waals surface area (Å²) >= 11 is 0. The SMILES string of the molecule is CC(C)(C#N)NC(=O)Cc1cc(-c2ccccc2)on1. The van der Waals surface area contributed by atoms with Crippen molar-refractivity contribution in [3.05, 3.63) is 42.1 Å². The molecule has 20 heavy (non-hydrogen) atoms. The van der Waals surface area contributed by atoms with Crippen molar-refractivity contribution in [2.75, 3.05) is 0 Å². The van der Waals surface area contributed by atoms with Crippen LogP contribution in [-0.4, -0.2) is 16.6 Å². The van der Waals surface area contributed by atoms with Crippen LogP contribution in [0.4, 0.5) is 0 Å². The van der Waals surface area contributed by atoms with Crippen molar-refractivity contribution in [1.82, 2.24) is 10.5 Å². The van der Waals surface area contributed by atoms with Gasteiger partial charge in [-0.2, -0.15) is 5.26 Å². The van der Waals surface area contributed by atoms with Gasteiger partial charge >= 0.3 is 0 Å². The molecular formula is C15H15N3O2. The Morgan fingerprint density at radius 1 is 1.40 bits per heavy atom. The lowest BCUT2D eigenvalue weighted by molar-refractivity contribution is -0.121. The molecule has 0 fully saturated rings. The van der Waals surface area contributed by atoms with E-state index >= 15 is 0 Å². The van der Waals surface area contributed by atoms with E-state index in [9.17, 15) is 4.79 Å². The number of nitriles is 1. The topological polar surface area (TPSA) is 78.9 Å². The van der Waals surface area contributed by atoms with E-state index in [-0.39, 0.29) is 12.3 Å². The van der Waals surface area contributed by atoms with Gasteiger partial charge in [0.05, 0.1) is 18.2 Å². The first kappa shape index (κ1) is 13.8. The molecule has 1 heterocycles. The summed E-state index contributed by atoms with van der Waals surface area (Å²) in [5.74, 6) is 0.359. The van der Waals surface area contributed by atoms with Crippen molar-refractivity contribution in [3.63, 3.8) is 0 Å². The molecule has 5 heteroatoms. The zero-order valence-corrected chi connectivity index (χ0v) is 11.4. The van der Waals surface area contributed by atoms with Crippen LogP contribution in [0.1, 0.15) is 19.5 Å². The Morgan fingerprint density at radius 2 is 2.10 bits per heavy atom. The zero-order valence-electron chi connectivity index (χ0n) is 11.4. The monoisotopic (exact) mass is 269 g/mol. The van der Waals surface area contributed by atoms with Crippen LogP contribution in [0.3, 0.4) is 0 Å². The molecule has 0 atom stereocenters. The number of hydrogen-bond acceptors (Lipinski definition) is 4. The third kappa shape index (κ3) is 3.45. The summed E-state index contributed by atoms with van der Waals surface area (Å²) in [6.45, 7) is 3.28. The molecule has 0 aliphatic carbocycles. The van der Waals surface area contributed by atoms with Gasteiger partial charge < -0.3 is 9.84 Å². The van der Waals surface area contributed by atoms with Crippen LogP contribution in [0.5, 0.6) is 0 Å². The first-order chi connectivity index (χ1) is 9.50. The van der Waals surface area contributed by atoms with Crippen molar-refractivity contribution < 1.29 is 9.32 Å². The van der Waals surface area contributed by atoms with Crippen LogP contribution < -0.4 is 5.32 Å². The Hall–Kier alpha value is -2.61. The molecule has 0 saturated carbocycles. The second kappa shape index (κ2) is 5.57. The maximum Gasteiger partial charge on any atom is 0.227 e. The van der Waals surface area contributed by atoms with Crippen LogP contribution in [0, 0.1) is 11.3 Å². The van der Waals surface area contributed by atoms with Gasteiger partial charge in [0.2, 0.25) is 5.91 Å². The summed E-state index contributed by atoms with van der Waals surface area (Å²) in [5.41, 5.74) is 0.558. The fourth-order valence-electron chi connectivity index (χ4n) is 1.72. The molecule has 0 saturated heterocycles. The molecule has 0 radical (unpaired) electrons. The highest BCUT2D eigenvalue weighted by molar-refractivity contribution is 5.79. The highest BCUT2D eigenvalue weighted by Gasteiger charge is 2.20. The number of carbonyl (C=O) groups excluding carboxylic acids is 1. The molecule has 0 spiro atoms. The van der Waals surface area contributed by atoms with Gasteiger partial charge in [-0.15, -0.1) is 0 Å². The van der Waals surface area contributed by atoms with Gasteiger partial charge in [0, 0.05) is 11.6 Å². The maximum absolute atomic E-state index is 11.8. The Bertz CT molecular complexity index is 639. The summed E-state index contributed by atoms with van der Waals surface area (Å²) in [6.07, 6.45) is 0.0848. The second-order valence-electron chi connectivity index (χ2n) is 5.01. The van der Waals surface area contributed by atoms with Crippen molar-refractivity contribution in [3.8, 4) is 17.4 Å². The first-order valence-electron chi connectivity index (χ1n) is 6.23. The van der Waals surface area contributed by atoms with Gasteiger partial charge in [0.15, 0.2) is 5.76 Å². The highest BCUT2D eigenvalue weighted by atomic mass is 16.5. The van der Waals surface area contributed by atoms with Gasteiger partial charge in [0.25, 0.3) is 0 Å². The number of benzene rings is 1. The minimum Gasteiger partial charge on any atom is -0.356 e. The van der Waals surface area contributed by atoms with Crippen LogP contribution >= 0.6 is 0 Å². The van der Waals surface area contributed by atoms with Crippen molar-refractivity contribution in [1.29, 1.82) is 5.26 Å². The number of nitrogens with one attached hydrogen (secondary N) is 1. The number of aromatic nitrogens is 1. The van der Waals surface area contributed by atoms with Crippen molar-refractivity contribution >= 4 is 5.91 Å². The molecule has 1 N–H and O–H groups in total. The molecule has 102 valence electrons. The fourth-order valence-corrected chi connectivity index (χ4v) is 1.72. The Morgan fingerprint density at radius 3 is 2.75 bits per heavy atom. The largest absolute Gasteiger partial charge is 0.356 e. The Balaban J connectivity index is 2.04. The lowest BCUT2D eigenvalue weighted by Gasteiger charge is -2.16. The fraction of sp³-hybridized carbons (Fsp3) is 0.267. The lowest BCUT2D eigenvalue weighted by atomic mass is 10.1. The molecule has 1 aromatic heterocycles. The van der Waals surface area contributed by atoms with E-state index in [1.165, 1.54) is 0 Å². The molecule has 2 rings (SSSR count). The van der Waals surface area contributed by atoms with E-state index in [0.29, 0.717) is 11.5 Å². The Kier molecular flexibility index (Phi) is 3.85. The van der Waals surface area contributed by atoms with Crippen LogP contribution in [-0.2, 0) is 11.2 Å². The van der Waals surface area contributed by atoms with E-state index in [0.717, 1.165) is 5.56 Å². The number of nitrogens with zero attached hydrogens (tertiary/aromatic N) is 2. The van der Waals surface area contributed by atoms with Gasteiger partial charge in [0.1, 0.15) is 5.54 Å². The van der Waals surface area contributed by atoms with Crippen molar-refractivity contribution in [2.24, 2.45) is 0 Å². The summed E-state index contributed by atoms with van der Waals surface area (Å²) in [7, 11) is 0. The van der Waals surface area contributed by atoms with Crippen LogP contribution in [0.25, 0.3) is 11.3 Å². The predicted octanol–water partition coefficient (Wildman–Crippen LogP) is 2.30. The molecule has 0 aliphatic heterocycles. The van der Waals surface area contributed by atoms with Gasteiger partial charge in [-0.25, -0.2) is 0 Å². The minimum atomic E-state index is -0.886. The molecule has 2 aromatic rings. The van der Waals surface area contributed by atoms with Gasteiger partial charge in [-0.05, 0) is 13.8 Å². The number of rotatable bonds is 4. The van der Waals surface area contributed by atoms with Gasteiger partial charge in [-0.1, -0.05) is 35.5 Å². The van der Waals surface area contributed by atoms with E-state index < -0.39 is 5.54 Å². The number of hydrogen-bond donors (Lipinski definition) is 1. The highest BCUT2D eigenvalue weighted by Crippen LogP contribution is 2.19. The second-order valence-corrected chi connectivity index (χ2v) is 5.01. The average Bonchev–Trinajstić information content (AvgIpc) is 2.87. The van der Waals surface area contributed by atoms with Crippen LogP contribution in [0.2, 0.25) is 0 Å². The molecule has 1 amide bonds. The third-order valence-electron chi connectivity index (χ3n) is 2.69. The molecule has 0 bridgehead atoms. The maximum atomic E-state index is 11.8. The van der Waals surface area contributed by atoms with E-state index in [1.54, 1.807) is 19.9 Å². The molecular weight excluding hydrogens is 254 g/mol. The zero-order chi connectivity index (χ0) is 14.6. The normalized spacial score (nSPS) is 10.8. The smallest absolute Gasteiger partial charge is 0.227 e. The lowest BCUT2D eigenvalue weighted by Crippen LogP contribution is -2.42. The average molecular weight is 269 g/mol. The van der Waals surface area contributed by atoms with Crippen molar-refractivity contribution in [2.45, 2.75) is 25.8 Å². The Labute approximate surface area is 117 Å². The third-order valence-corrected chi connectivity index (χ3v) is 2.69. The summed E-state index contributed by atoms with van der Waals surface area (Å²) in [4.78, 5) is 11.8. The quantitative estimate of drug-likeness (QED) is 0.923. The number of carbonyl (C=O) groups is 1. The van der Waals surface area contributed by atoms with E-state index in [4.69, 9.17) is 9.78 Å².